The lowest BCUT2D eigenvalue weighted by atomic mass is 10.1. The van der Waals surface area contributed by atoms with Crippen molar-refractivity contribution < 1.29 is 4.92 Å². The number of para-hydroxylation sites is 1. The van der Waals surface area contributed by atoms with Crippen LogP contribution >= 0.6 is 0 Å². The zero-order valence-electron chi connectivity index (χ0n) is 11.3. The first-order valence-corrected chi connectivity index (χ1v) is 6.57. The molecule has 0 fully saturated rings. The topological polar surface area (TPSA) is 61.0 Å². The zero-order chi connectivity index (χ0) is 14.6. The molecule has 2 aromatic carbocycles. The van der Waals surface area contributed by atoms with Gasteiger partial charge >= 0.3 is 0 Å². The van der Waals surface area contributed by atoms with E-state index in [9.17, 15) is 10.1 Å². The fourth-order valence-electron chi connectivity index (χ4n) is 2.82. The van der Waals surface area contributed by atoms with E-state index < -0.39 is 0 Å². The third-order valence-corrected chi connectivity index (χ3v) is 3.87. The van der Waals surface area contributed by atoms with Crippen molar-refractivity contribution in [2.45, 2.75) is 0 Å². The molecule has 0 spiro atoms. The Bertz CT molecular complexity index is 1030. The van der Waals surface area contributed by atoms with Crippen LogP contribution < -0.4 is 0 Å². The van der Waals surface area contributed by atoms with Gasteiger partial charge < -0.3 is 4.57 Å². The molecule has 0 atom stereocenters. The van der Waals surface area contributed by atoms with Gasteiger partial charge in [0.25, 0.3) is 5.69 Å². The van der Waals surface area contributed by atoms with E-state index in [2.05, 4.69) is 9.55 Å². The number of fused-ring (bicyclic) bond motifs is 4. The van der Waals surface area contributed by atoms with E-state index in [-0.39, 0.29) is 10.6 Å². The number of benzene rings is 2. The van der Waals surface area contributed by atoms with Gasteiger partial charge in [0.15, 0.2) is 0 Å². The summed E-state index contributed by atoms with van der Waals surface area (Å²) in [7, 11) is 1.98. The first-order chi connectivity index (χ1) is 10.1. The smallest absolute Gasteiger partial charge is 0.270 e. The molecule has 5 nitrogen and oxygen atoms in total. The van der Waals surface area contributed by atoms with Crippen molar-refractivity contribution in [3.63, 3.8) is 0 Å². The Labute approximate surface area is 119 Å². The first-order valence-electron chi connectivity index (χ1n) is 6.57. The number of rotatable bonds is 1. The van der Waals surface area contributed by atoms with Crippen molar-refractivity contribution in [3.8, 4) is 0 Å². The summed E-state index contributed by atoms with van der Waals surface area (Å²) >= 11 is 0. The molecule has 0 radical (unpaired) electrons. The molecule has 0 unspecified atom stereocenters. The van der Waals surface area contributed by atoms with Crippen molar-refractivity contribution >= 4 is 38.5 Å². The van der Waals surface area contributed by atoms with Gasteiger partial charge in [0.2, 0.25) is 0 Å². The van der Waals surface area contributed by atoms with Crippen molar-refractivity contribution in [3.05, 3.63) is 58.6 Å². The van der Waals surface area contributed by atoms with E-state index in [4.69, 9.17) is 0 Å². The molecule has 0 N–H and O–H groups in total. The average Bonchev–Trinajstić information content (AvgIpc) is 2.78. The Morgan fingerprint density at radius 2 is 1.90 bits per heavy atom. The van der Waals surface area contributed by atoms with E-state index in [1.165, 1.54) is 6.07 Å². The van der Waals surface area contributed by atoms with Crippen molar-refractivity contribution in [2.24, 2.45) is 7.05 Å². The van der Waals surface area contributed by atoms with Crippen LogP contribution in [0.25, 0.3) is 32.8 Å². The standard InChI is InChI=1S/C16H11N3O2/c1-18-14-5-3-2-4-12(14)16-15(18)9-10-8-11(19(20)21)6-7-13(10)17-16/h2-9H,1H3. The van der Waals surface area contributed by atoms with Crippen LogP contribution in [0.2, 0.25) is 0 Å². The van der Waals surface area contributed by atoms with Gasteiger partial charge in [-0.25, -0.2) is 4.98 Å². The van der Waals surface area contributed by atoms with Crippen LogP contribution in [0.5, 0.6) is 0 Å². The van der Waals surface area contributed by atoms with E-state index in [0.717, 1.165) is 32.8 Å². The molecular formula is C16H11N3O2. The van der Waals surface area contributed by atoms with Crippen LogP contribution in [-0.2, 0) is 7.05 Å². The molecule has 2 aromatic heterocycles. The average molecular weight is 277 g/mol. The van der Waals surface area contributed by atoms with Gasteiger partial charge in [-0.1, -0.05) is 18.2 Å². The van der Waals surface area contributed by atoms with Crippen LogP contribution in [0.3, 0.4) is 0 Å². The highest BCUT2D eigenvalue weighted by Gasteiger charge is 2.12. The minimum absolute atomic E-state index is 0.0856. The molecule has 0 bridgehead atoms. The normalized spacial score (nSPS) is 11.5. The molecule has 4 aromatic rings. The first kappa shape index (κ1) is 11.8. The SMILES string of the molecule is Cn1c2ccccc2c2nc3ccc([N+](=O)[O-])cc3cc21. The summed E-state index contributed by atoms with van der Waals surface area (Å²) in [6.07, 6.45) is 0. The Hall–Kier alpha value is -2.95. The summed E-state index contributed by atoms with van der Waals surface area (Å²) in [5, 5.41) is 12.8. The van der Waals surface area contributed by atoms with Gasteiger partial charge in [0.1, 0.15) is 0 Å². The predicted molar refractivity (Wildman–Crippen MR) is 82.4 cm³/mol. The molecule has 5 heteroatoms. The summed E-state index contributed by atoms with van der Waals surface area (Å²) in [6.45, 7) is 0. The third kappa shape index (κ3) is 1.61. The van der Waals surface area contributed by atoms with Crippen molar-refractivity contribution in [2.75, 3.05) is 0 Å². The van der Waals surface area contributed by atoms with Gasteiger partial charge in [0.05, 0.1) is 27.0 Å². The number of aromatic nitrogens is 2. The number of hydrogen-bond acceptors (Lipinski definition) is 3. The second-order valence-corrected chi connectivity index (χ2v) is 5.07. The fraction of sp³-hybridized carbons (Fsp3) is 0.0625. The number of non-ortho nitro benzene ring substituents is 1. The minimum atomic E-state index is -0.384. The number of nitro groups is 1. The summed E-state index contributed by atoms with van der Waals surface area (Å²) in [5.74, 6) is 0. The zero-order valence-corrected chi connectivity index (χ0v) is 11.3. The van der Waals surface area contributed by atoms with Gasteiger partial charge in [0, 0.05) is 30.0 Å². The largest absolute Gasteiger partial charge is 0.342 e. The number of hydrogen-bond donors (Lipinski definition) is 0. The number of aryl methyl sites for hydroxylation is 1. The maximum absolute atomic E-state index is 10.9. The summed E-state index contributed by atoms with van der Waals surface area (Å²) in [6, 6.07) is 14.8. The number of nitro benzene ring substituents is 1. The molecule has 0 aliphatic heterocycles. The Kier molecular flexibility index (Phi) is 2.27. The van der Waals surface area contributed by atoms with Crippen molar-refractivity contribution in [1.29, 1.82) is 0 Å². The van der Waals surface area contributed by atoms with E-state index >= 15 is 0 Å². The van der Waals surface area contributed by atoms with E-state index in [1.54, 1.807) is 12.1 Å². The highest BCUT2D eigenvalue weighted by molar-refractivity contribution is 6.08. The second-order valence-electron chi connectivity index (χ2n) is 5.07. The quantitative estimate of drug-likeness (QED) is 0.393. The third-order valence-electron chi connectivity index (χ3n) is 3.87. The number of pyridine rings is 1. The summed E-state index contributed by atoms with van der Waals surface area (Å²) in [4.78, 5) is 15.2. The summed E-state index contributed by atoms with van der Waals surface area (Å²) in [5.41, 5.74) is 3.86. The lowest BCUT2D eigenvalue weighted by molar-refractivity contribution is -0.384. The molecule has 0 aliphatic carbocycles. The lowest BCUT2D eigenvalue weighted by Gasteiger charge is -2.00. The lowest BCUT2D eigenvalue weighted by Crippen LogP contribution is -1.90. The Morgan fingerprint density at radius 1 is 1.10 bits per heavy atom. The minimum Gasteiger partial charge on any atom is -0.342 e. The fourth-order valence-corrected chi connectivity index (χ4v) is 2.82. The molecule has 0 saturated carbocycles. The maximum atomic E-state index is 10.9. The van der Waals surface area contributed by atoms with Gasteiger partial charge in [-0.15, -0.1) is 0 Å². The Morgan fingerprint density at radius 3 is 2.71 bits per heavy atom. The molecule has 21 heavy (non-hydrogen) atoms. The highest BCUT2D eigenvalue weighted by Crippen LogP contribution is 2.30. The molecule has 4 rings (SSSR count). The molecule has 0 amide bonds. The van der Waals surface area contributed by atoms with Crippen LogP contribution in [0, 0.1) is 10.1 Å². The highest BCUT2D eigenvalue weighted by atomic mass is 16.6. The molecular weight excluding hydrogens is 266 g/mol. The molecule has 0 saturated heterocycles. The van der Waals surface area contributed by atoms with Crippen LogP contribution in [0.4, 0.5) is 5.69 Å². The number of nitrogens with zero attached hydrogens (tertiary/aromatic N) is 3. The van der Waals surface area contributed by atoms with E-state index in [0.29, 0.717) is 0 Å². The molecule has 102 valence electrons. The van der Waals surface area contributed by atoms with Gasteiger partial charge in [-0.05, 0) is 18.2 Å². The second kappa shape index (κ2) is 4.02. The predicted octanol–water partition coefficient (Wildman–Crippen LogP) is 3.79. The summed E-state index contributed by atoms with van der Waals surface area (Å²) < 4.78 is 2.07. The van der Waals surface area contributed by atoms with Crippen LogP contribution in [0.1, 0.15) is 0 Å². The van der Waals surface area contributed by atoms with Gasteiger partial charge in [-0.2, -0.15) is 0 Å². The van der Waals surface area contributed by atoms with Gasteiger partial charge in [-0.3, -0.25) is 10.1 Å². The molecule has 0 aliphatic rings. The van der Waals surface area contributed by atoms with Crippen LogP contribution in [-0.4, -0.2) is 14.5 Å². The monoisotopic (exact) mass is 277 g/mol. The Balaban J connectivity index is 2.17. The van der Waals surface area contributed by atoms with Crippen molar-refractivity contribution in [1.82, 2.24) is 9.55 Å². The molecule has 2 heterocycles. The van der Waals surface area contributed by atoms with Crippen LogP contribution in [0.15, 0.2) is 48.5 Å². The maximum Gasteiger partial charge on any atom is 0.270 e. The van der Waals surface area contributed by atoms with E-state index in [1.807, 2.05) is 37.4 Å².